The third-order valence-electron chi connectivity index (χ3n) is 6.59. The predicted octanol–water partition coefficient (Wildman–Crippen LogP) is 5.82. The number of alkyl halides is 2. The molecule has 182 valence electrons. The number of amides is 1. The molecule has 0 spiro atoms. The molecule has 2 N–H and O–H groups in total. The number of phenols is 1. The van der Waals surface area contributed by atoms with E-state index in [0.29, 0.717) is 24.5 Å². The number of H-pyrrole nitrogens is 1. The average Bonchev–Trinajstić information content (AvgIpc) is 3.40. The second kappa shape index (κ2) is 9.26. The summed E-state index contributed by atoms with van der Waals surface area (Å²) in [4.78, 5) is 19.9. The number of aryl methyl sites for hydroxylation is 1. The van der Waals surface area contributed by atoms with Gasteiger partial charge in [0.25, 0.3) is 5.91 Å². The molecule has 1 amide bonds. The van der Waals surface area contributed by atoms with Crippen molar-refractivity contribution < 1.29 is 14.6 Å². The van der Waals surface area contributed by atoms with E-state index in [0.717, 1.165) is 45.1 Å². The molecule has 0 saturated heterocycles. The van der Waals surface area contributed by atoms with Gasteiger partial charge in [-0.25, -0.2) is 0 Å². The van der Waals surface area contributed by atoms with Crippen molar-refractivity contribution in [3.63, 3.8) is 0 Å². The van der Waals surface area contributed by atoms with Crippen molar-refractivity contribution in [2.24, 2.45) is 0 Å². The van der Waals surface area contributed by atoms with E-state index in [1.165, 1.54) is 0 Å². The topological polar surface area (TPSA) is 68.8 Å². The number of carbonyl (C=O) groups is 1. The highest BCUT2D eigenvalue weighted by molar-refractivity contribution is 6.45. The maximum atomic E-state index is 13.7. The molecule has 5 rings (SSSR count). The van der Waals surface area contributed by atoms with E-state index >= 15 is 0 Å². The van der Waals surface area contributed by atoms with Crippen LogP contribution in [-0.2, 0) is 0 Å². The maximum absolute atomic E-state index is 13.7. The number of nitrogens with zero attached hydrogens (tertiary/aromatic N) is 2. The van der Waals surface area contributed by atoms with Gasteiger partial charge in [-0.1, -0.05) is 18.2 Å². The van der Waals surface area contributed by atoms with Gasteiger partial charge in [0.1, 0.15) is 28.6 Å². The quantitative estimate of drug-likeness (QED) is 0.320. The van der Waals surface area contributed by atoms with E-state index in [4.69, 9.17) is 27.9 Å². The Kier molecular flexibility index (Phi) is 6.30. The number of nitrogens with one attached hydrogen (secondary N) is 1. The second-order valence-electron chi connectivity index (χ2n) is 9.27. The molecule has 1 aliphatic heterocycles. The van der Waals surface area contributed by atoms with Gasteiger partial charge >= 0.3 is 0 Å². The van der Waals surface area contributed by atoms with Gasteiger partial charge in [0.05, 0.1) is 5.69 Å². The Morgan fingerprint density at radius 2 is 2.03 bits per heavy atom. The number of halogens is 2. The van der Waals surface area contributed by atoms with Crippen molar-refractivity contribution in [1.29, 1.82) is 0 Å². The number of carbonyl (C=O) groups excluding carboxylic acids is 1. The summed E-state index contributed by atoms with van der Waals surface area (Å²) in [6.07, 6.45) is 0. The summed E-state index contributed by atoms with van der Waals surface area (Å²) in [5.74, 6) is 0.393. The Bertz CT molecular complexity index is 1430. The number of benzene rings is 3. The van der Waals surface area contributed by atoms with Crippen LogP contribution in [-0.4, -0.2) is 59.5 Å². The molecule has 0 unspecified atom stereocenters. The van der Waals surface area contributed by atoms with E-state index in [1.54, 1.807) is 11.0 Å². The number of hydrogen-bond acceptors (Lipinski definition) is 4. The van der Waals surface area contributed by atoms with Gasteiger partial charge < -0.3 is 24.6 Å². The standard InChI is InChI=1S/C27H27Cl2N3O3/c1-15-5-4-6-18-23(33)13-22-25(24(15)18)19(26(28)29)14-32(22)27(34)21-12-16-11-17(7-8-20(16)30-21)35-10-9-31(2)3/h4-8,11-13,19,26,30,33H,9-10,14H2,1-3H3/t19-/m1/s1. The first kappa shape index (κ1) is 23.8. The molecule has 6 nitrogen and oxygen atoms in total. The van der Waals surface area contributed by atoms with Crippen LogP contribution in [0.25, 0.3) is 21.7 Å². The van der Waals surface area contributed by atoms with Crippen molar-refractivity contribution in [2.75, 3.05) is 38.7 Å². The van der Waals surface area contributed by atoms with Crippen LogP contribution < -0.4 is 9.64 Å². The van der Waals surface area contributed by atoms with Crippen molar-refractivity contribution >= 4 is 56.5 Å². The third kappa shape index (κ3) is 4.31. The van der Waals surface area contributed by atoms with Crippen LogP contribution in [0.1, 0.15) is 27.5 Å². The van der Waals surface area contributed by atoms with Crippen molar-refractivity contribution in [2.45, 2.75) is 17.7 Å². The molecule has 35 heavy (non-hydrogen) atoms. The lowest BCUT2D eigenvalue weighted by molar-refractivity contribution is 0.0984. The number of aromatic amines is 1. The summed E-state index contributed by atoms with van der Waals surface area (Å²) in [7, 11) is 4.00. The zero-order valence-electron chi connectivity index (χ0n) is 19.8. The van der Waals surface area contributed by atoms with Gasteiger partial charge in [-0.15, -0.1) is 23.2 Å². The van der Waals surface area contributed by atoms with Crippen LogP contribution in [0.15, 0.2) is 48.5 Å². The average molecular weight is 512 g/mol. The molecule has 2 heterocycles. The summed E-state index contributed by atoms with van der Waals surface area (Å²) in [6.45, 7) is 3.70. The first-order valence-electron chi connectivity index (χ1n) is 11.5. The van der Waals surface area contributed by atoms with Gasteiger partial charge in [0, 0.05) is 41.4 Å². The molecular formula is C27H27Cl2N3O3. The number of rotatable bonds is 6. The largest absolute Gasteiger partial charge is 0.507 e. The van der Waals surface area contributed by atoms with Crippen LogP contribution >= 0.6 is 23.2 Å². The molecule has 8 heteroatoms. The molecule has 1 aromatic heterocycles. The highest BCUT2D eigenvalue weighted by Gasteiger charge is 2.39. The minimum atomic E-state index is -0.705. The number of hydrogen-bond donors (Lipinski definition) is 2. The highest BCUT2D eigenvalue weighted by atomic mass is 35.5. The zero-order chi connectivity index (χ0) is 24.9. The van der Waals surface area contributed by atoms with Gasteiger partial charge in [0.2, 0.25) is 0 Å². The Hall–Kier alpha value is -2.93. The number of ether oxygens (including phenoxy) is 1. The van der Waals surface area contributed by atoms with Gasteiger partial charge in [-0.3, -0.25) is 4.79 Å². The monoisotopic (exact) mass is 511 g/mol. The van der Waals surface area contributed by atoms with Gasteiger partial charge in [-0.2, -0.15) is 0 Å². The first-order chi connectivity index (χ1) is 16.7. The Morgan fingerprint density at radius 3 is 2.77 bits per heavy atom. The Morgan fingerprint density at radius 1 is 1.23 bits per heavy atom. The summed E-state index contributed by atoms with van der Waals surface area (Å²) < 4.78 is 5.84. The fourth-order valence-corrected chi connectivity index (χ4v) is 5.25. The highest BCUT2D eigenvalue weighted by Crippen LogP contribution is 2.48. The molecule has 0 bridgehead atoms. The molecule has 3 aromatic carbocycles. The SMILES string of the molecule is Cc1cccc2c(O)cc3c(c12)[C@H](C(Cl)Cl)CN3C(=O)c1cc2cc(OCCN(C)C)ccc2[nH]1. The van der Waals surface area contributed by atoms with Crippen LogP contribution in [0.2, 0.25) is 0 Å². The first-order valence-corrected chi connectivity index (χ1v) is 12.4. The summed E-state index contributed by atoms with van der Waals surface area (Å²) in [6, 6.07) is 15.0. The Balaban J connectivity index is 1.52. The molecule has 0 radical (unpaired) electrons. The lowest BCUT2D eigenvalue weighted by Crippen LogP contribution is -2.31. The third-order valence-corrected chi connectivity index (χ3v) is 7.20. The molecule has 4 aromatic rings. The number of phenolic OH excluding ortho intramolecular Hbond substituents is 1. The smallest absolute Gasteiger partial charge is 0.274 e. The molecule has 0 fully saturated rings. The van der Waals surface area contributed by atoms with E-state index in [1.807, 2.05) is 63.5 Å². The zero-order valence-corrected chi connectivity index (χ0v) is 21.3. The van der Waals surface area contributed by atoms with E-state index in [2.05, 4.69) is 9.88 Å². The lowest BCUT2D eigenvalue weighted by atomic mass is 9.92. The van der Waals surface area contributed by atoms with E-state index in [9.17, 15) is 9.90 Å². The Labute approximate surface area is 214 Å². The fourth-order valence-electron chi connectivity index (χ4n) is 4.84. The van der Waals surface area contributed by atoms with E-state index < -0.39 is 4.84 Å². The number of anilines is 1. The second-order valence-corrected chi connectivity index (χ2v) is 10.4. The van der Waals surface area contributed by atoms with Crippen LogP contribution in [0.3, 0.4) is 0 Å². The van der Waals surface area contributed by atoms with Crippen molar-refractivity contribution in [3.8, 4) is 11.5 Å². The maximum Gasteiger partial charge on any atom is 0.274 e. The normalized spacial score (nSPS) is 15.5. The fraction of sp³-hybridized carbons (Fsp3) is 0.296. The molecule has 1 aliphatic rings. The molecule has 0 saturated carbocycles. The van der Waals surface area contributed by atoms with E-state index in [-0.39, 0.29) is 17.6 Å². The molecular weight excluding hydrogens is 485 g/mol. The lowest BCUT2D eigenvalue weighted by Gasteiger charge is -2.18. The summed E-state index contributed by atoms with van der Waals surface area (Å²) in [5, 5.41) is 13.3. The van der Waals surface area contributed by atoms with Crippen LogP contribution in [0, 0.1) is 6.92 Å². The minimum absolute atomic E-state index is 0.123. The van der Waals surface area contributed by atoms with Gasteiger partial charge in [-0.05, 0) is 61.8 Å². The number of aromatic hydroxyl groups is 1. The van der Waals surface area contributed by atoms with Crippen LogP contribution in [0.4, 0.5) is 5.69 Å². The minimum Gasteiger partial charge on any atom is -0.507 e. The number of likely N-dealkylation sites (N-methyl/N-ethyl adjacent to an activating group) is 1. The number of aromatic nitrogens is 1. The number of fused-ring (bicyclic) bond motifs is 4. The molecule has 0 aliphatic carbocycles. The van der Waals surface area contributed by atoms with Gasteiger partial charge in [0.15, 0.2) is 0 Å². The molecule has 1 atom stereocenters. The summed E-state index contributed by atoms with van der Waals surface area (Å²) >= 11 is 12.8. The van der Waals surface area contributed by atoms with Crippen molar-refractivity contribution in [1.82, 2.24) is 9.88 Å². The summed E-state index contributed by atoms with van der Waals surface area (Å²) in [5.41, 5.74) is 3.82. The predicted molar refractivity (Wildman–Crippen MR) is 143 cm³/mol. The van der Waals surface area contributed by atoms with Crippen LogP contribution in [0.5, 0.6) is 11.5 Å². The van der Waals surface area contributed by atoms with Crippen molar-refractivity contribution in [3.05, 3.63) is 65.4 Å².